The number of aromatic nitrogens is 4. The van der Waals surface area contributed by atoms with Gasteiger partial charge >= 0.3 is 0 Å². The SMILES string of the molecule is [2H]C(Nc1cc(Cl)c2ncc(C#N)c(NCC(C)(C)C)c2c1)(c1cn(C2CC2)nn1)c1ccccc1C(F)F. The molecular weight excluding hydrogens is 508 g/mol. The molecule has 7 nitrogen and oxygen atoms in total. The third kappa shape index (κ3) is 5.41. The lowest BCUT2D eigenvalue weighted by atomic mass is 9.96. The average molecular weight is 537 g/mol. The van der Waals surface area contributed by atoms with Crippen LogP contribution >= 0.6 is 11.6 Å². The van der Waals surface area contributed by atoms with Crippen LogP contribution in [0.25, 0.3) is 10.9 Å². The molecule has 1 unspecified atom stereocenters. The predicted octanol–water partition coefficient (Wildman–Crippen LogP) is 7.28. The Morgan fingerprint density at radius 3 is 2.63 bits per heavy atom. The largest absolute Gasteiger partial charge is 0.383 e. The van der Waals surface area contributed by atoms with Gasteiger partial charge in [-0.2, -0.15) is 5.26 Å². The van der Waals surface area contributed by atoms with E-state index in [0.717, 1.165) is 12.8 Å². The maximum atomic E-state index is 14.1. The Labute approximate surface area is 226 Å². The second-order valence-corrected chi connectivity index (χ2v) is 11.0. The molecule has 2 N–H and O–H groups in total. The van der Waals surface area contributed by atoms with Crippen LogP contribution in [0.2, 0.25) is 5.02 Å². The summed E-state index contributed by atoms with van der Waals surface area (Å²) in [6.45, 7) is 6.78. The van der Waals surface area contributed by atoms with Gasteiger partial charge in [0.1, 0.15) is 11.8 Å². The van der Waals surface area contributed by atoms with Crippen molar-refractivity contribution < 1.29 is 10.2 Å². The van der Waals surface area contributed by atoms with E-state index in [1.54, 1.807) is 29.1 Å². The Bertz CT molecular complexity index is 1570. The number of fused-ring (bicyclic) bond motifs is 1. The van der Waals surface area contributed by atoms with Crippen LogP contribution in [-0.4, -0.2) is 26.5 Å². The van der Waals surface area contributed by atoms with Crippen molar-refractivity contribution in [1.82, 2.24) is 20.0 Å². The van der Waals surface area contributed by atoms with Gasteiger partial charge in [0.05, 0.1) is 41.4 Å². The smallest absolute Gasteiger partial charge is 0.264 e. The van der Waals surface area contributed by atoms with E-state index in [0.29, 0.717) is 34.4 Å². The van der Waals surface area contributed by atoms with Crippen LogP contribution < -0.4 is 10.6 Å². The minimum absolute atomic E-state index is 0.0500. The van der Waals surface area contributed by atoms with E-state index in [1.165, 1.54) is 24.4 Å². The van der Waals surface area contributed by atoms with Gasteiger partial charge in [0, 0.05) is 29.4 Å². The Balaban J connectivity index is 1.66. The quantitative estimate of drug-likeness (QED) is 0.246. The highest BCUT2D eigenvalue weighted by atomic mass is 35.5. The zero-order chi connectivity index (χ0) is 27.9. The number of nitriles is 1. The Hall–Kier alpha value is -3.77. The number of anilines is 2. The van der Waals surface area contributed by atoms with E-state index < -0.39 is 12.4 Å². The molecule has 5 rings (SSSR count). The average Bonchev–Trinajstić information content (AvgIpc) is 3.62. The maximum Gasteiger partial charge on any atom is 0.264 e. The molecule has 1 aliphatic carbocycles. The molecule has 0 radical (unpaired) electrons. The van der Waals surface area contributed by atoms with Crippen LogP contribution in [0.15, 0.2) is 48.8 Å². The van der Waals surface area contributed by atoms with Crippen LogP contribution in [0.3, 0.4) is 0 Å². The fourth-order valence-corrected chi connectivity index (χ4v) is 4.47. The zero-order valence-corrected chi connectivity index (χ0v) is 22.0. The highest BCUT2D eigenvalue weighted by Crippen LogP contribution is 2.39. The lowest BCUT2D eigenvalue weighted by molar-refractivity contribution is 0.150. The van der Waals surface area contributed by atoms with E-state index >= 15 is 0 Å². The summed E-state index contributed by atoms with van der Waals surface area (Å²) < 4.78 is 39.5. The van der Waals surface area contributed by atoms with Gasteiger partial charge in [-0.25, -0.2) is 13.5 Å². The van der Waals surface area contributed by atoms with Crippen molar-refractivity contribution in [3.05, 3.63) is 76.2 Å². The van der Waals surface area contributed by atoms with Crippen LogP contribution in [0.5, 0.6) is 0 Å². The Kier molecular flexibility index (Phi) is 6.58. The molecule has 2 heterocycles. The first-order chi connectivity index (χ1) is 18.5. The van der Waals surface area contributed by atoms with Gasteiger partial charge in [0.25, 0.3) is 6.43 Å². The normalized spacial score (nSPS) is 15.7. The highest BCUT2D eigenvalue weighted by molar-refractivity contribution is 6.35. The topological polar surface area (TPSA) is 91.5 Å². The number of nitrogens with one attached hydrogen (secondary N) is 2. The lowest BCUT2D eigenvalue weighted by Gasteiger charge is -2.23. The molecule has 38 heavy (non-hydrogen) atoms. The molecule has 0 bridgehead atoms. The predicted molar refractivity (Wildman–Crippen MR) is 145 cm³/mol. The number of pyridine rings is 1. The van der Waals surface area contributed by atoms with Crippen molar-refractivity contribution in [2.75, 3.05) is 17.2 Å². The molecular formula is C28H28ClF2N7. The van der Waals surface area contributed by atoms with Gasteiger partial charge in [-0.3, -0.25) is 4.98 Å². The fourth-order valence-electron chi connectivity index (χ4n) is 4.20. The summed E-state index contributed by atoms with van der Waals surface area (Å²) in [5.41, 5.74) is 1.62. The van der Waals surface area contributed by atoms with Crippen LogP contribution in [-0.2, 0) is 0 Å². The number of benzene rings is 2. The third-order valence-electron chi connectivity index (χ3n) is 6.26. The summed E-state index contributed by atoms with van der Waals surface area (Å²) >= 11 is 6.65. The summed E-state index contributed by atoms with van der Waals surface area (Å²) in [7, 11) is 0. The van der Waals surface area contributed by atoms with Gasteiger partial charge in [-0.1, -0.05) is 61.9 Å². The van der Waals surface area contributed by atoms with Gasteiger partial charge in [0.15, 0.2) is 0 Å². The summed E-state index contributed by atoms with van der Waals surface area (Å²) in [5, 5.41) is 25.5. The minimum atomic E-state index is -2.80. The van der Waals surface area contributed by atoms with Crippen LogP contribution in [0, 0.1) is 16.7 Å². The Morgan fingerprint density at radius 1 is 1.24 bits per heavy atom. The first-order valence-corrected chi connectivity index (χ1v) is 12.7. The number of halogens is 3. The molecule has 1 fully saturated rings. The Morgan fingerprint density at radius 2 is 1.97 bits per heavy atom. The monoisotopic (exact) mass is 536 g/mol. The molecule has 10 heteroatoms. The van der Waals surface area contributed by atoms with Crippen molar-refractivity contribution in [2.45, 2.75) is 52.1 Å². The molecule has 1 aliphatic rings. The number of rotatable bonds is 8. The van der Waals surface area contributed by atoms with Gasteiger partial charge < -0.3 is 10.6 Å². The van der Waals surface area contributed by atoms with E-state index in [-0.39, 0.29) is 33.3 Å². The third-order valence-corrected chi connectivity index (χ3v) is 6.55. The molecule has 1 saturated carbocycles. The second-order valence-electron chi connectivity index (χ2n) is 10.6. The minimum Gasteiger partial charge on any atom is -0.383 e. The molecule has 2 aromatic heterocycles. The molecule has 0 amide bonds. The van der Waals surface area contributed by atoms with Crippen LogP contribution in [0.1, 0.15) is 75.9 Å². The van der Waals surface area contributed by atoms with Gasteiger partial charge in [-0.15, -0.1) is 5.10 Å². The first kappa shape index (κ1) is 24.6. The van der Waals surface area contributed by atoms with Crippen molar-refractivity contribution in [2.24, 2.45) is 5.41 Å². The standard InChI is InChI=1S/C28H28ClF2N7/c1-28(2,3)15-34-24-16(12-32)13-33-25-21(24)10-17(11-22(25)29)35-26(19-6-4-5-7-20(19)27(30)31)23-14-38(37-36-23)18-8-9-18/h4-7,10-11,13-14,18,26-27,35H,8-9,15H2,1-3H3,(H,33,34)/i26D. The second kappa shape index (κ2) is 10.2. The van der Waals surface area contributed by atoms with Gasteiger partial charge in [-0.05, 0) is 36.0 Å². The highest BCUT2D eigenvalue weighted by Gasteiger charge is 2.29. The number of hydrogen-bond donors (Lipinski definition) is 2. The summed E-state index contributed by atoms with van der Waals surface area (Å²) in [6.07, 6.45) is 2.20. The maximum absolute atomic E-state index is 14.1. The number of hydrogen-bond acceptors (Lipinski definition) is 6. The molecule has 0 saturated heterocycles. The van der Waals surface area contributed by atoms with Gasteiger partial charge in [0.2, 0.25) is 0 Å². The molecule has 196 valence electrons. The molecule has 4 aromatic rings. The van der Waals surface area contributed by atoms with Crippen molar-refractivity contribution in [3.8, 4) is 6.07 Å². The fraction of sp³-hybridized carbons (Fsp3) is 0.357. The number of nitrogens with zero attached hydrogens (tertiary/aromatic N) is 5. The van der Waals surface area contributed by atoms with Crippen molar-refractivity contribution in [3.63, 3.8) is 0 Å². The summed E-state index contributed by atoms with van der Waals surface area (Å²) in [5.74, 6) is 0. The summed E-state index contributed by atoms with van der Waals surface area (Å²) in [4.78, 5) is 4.38. The van der Waals surface area contributed by atoms with E-state index in [4.69, 9.17) is 11.6 Å². The molecule has 1 atom stereocenters. The zero-order valence-electron chi connectivity index (χ0n) is 22.3. The van der Waals surface area contributed by atoms with Crippen LogP contribution in [0.4, 0.5) is 20.2 Å². The van der Waals surface area contributed by atoms with E-state index in [2.05, 4.69) is 52.8 Å². The first-order valence-electron chi connectivity index (χ1n) is 12.8. The molecule has 2 aromatic carbocycles. The number of alkyl halides is 2. The lowest BCUT2D eigenvalue weighted by Crippen LogP contribution is -2.20. The van der Waals surface area contributed by atoms with E-state index in [1.807, 2.05) is 0 Å². The summed E-state index contributed by atoms with van der Waals surface area (Å²) in [6, 6.07) is 9.69. The van der Waals surface area contributed by atoms with Crippen molar-refractivity contribution in [1.29, 1.82) is 5.26 Å². The molecule has 0 spiro atoms. The van der Waals surface area contributed by atoms with Crippen molar-refractivity contribution >= 4 is 33.9 Å². The van der Waals surface area contributed by atoms with E-state index in [9.17, 15) is 15.4 Å². The molecule has 0 aliphatic heterocycles.